The molecule has 92 valence electrons. The number of benzene rings is 1. The molecule has 1 aromatic carbocycles. The minimum absolute atomic E-state index is 0.132. The van der Waals surface area contributed by atoms with Gasteiger partial charge in [-0.25, -0.2) is 0 Å². The summed E-state index contributed by atoms with van der Waals surface area (Å²) in [7, 11) is 1.64. The first-order chi connectivity index (χ1) is 7.97. The summed E-state index contributed by atoms with van der Waals surface area (Å²) < 4.78 is 12.9. The zero-order valence-electron chi connectivity index (χ0n) is 9.80. The van der Waals surface area contributed by atoms with E-state index in [9.17, 15) is 0 Å². The molecule has 0 fully saturated rings. The van der Waals surface area contributed by atoms with E-state index in [2.05, 4.69) is 31.9 Å². The van der Waals surface area contributed by atoms with Crippen LogP contribution in [0.15, 0.2) is 19.4 Å². The molecule has 2 N–H and O–H groups in total. The number of methoxy groups -OCH3 is 1. The number of nitrogens with two attached hydrogens (primary N) is 1. The van der Waals surface area contributed by atoms with Gasteiger partial charge in [0.1, 0.15) is 17.1 Å². The largest absolute Gasteiger partial charge is 0.496 e. The maximum absolute atomic E-state index is 5.89. The number of ether oxygens (including phenoxy) is 1. The van der Waals surface area contributed by atoms with Gasteiger partial charge in [-0.2, -0.15) is 0 Å². The van der Waals surface area contributed by atoms with Crippen molar-refractivity contribution in [2.24, 2.45) is 5.73 Å². The molecule has 0 amide bonds. The molecule has 0 aliphatic carbocycles. The van der Waals surface area contributed by atoms with Crippen molar-refractivity contribution in [1.82, 2.24) is 0 Å². The smallest absolute Gasteiger partial charge is 0.150 e. The van der Waals surface area contributed by atoms with E-state index in [-0.39, 0.29) is 6.04 Å². The van der Waals surface area contributed by atoms with E-state index in [0.717, 1.165) is 37.0 Å². The van der Waals surface area contributed by atoms with E-state index in [1.807, 2.05) is 19.9 Å². The summed E-state index contributed by atoms with van der Waals surface area (Å²) >= 11 is 7.03. The number of aryl methyl sites for hydroxylation is 1. The van der Waals surface area contributed by atoms with Crippen LogP contribution in [0.25, 0.3) is 11.0 Å². The van der Waals surface area contributed by atoms with Gasteiger partial charge in [0.25, 0.3) is 0 Å². The second-order valence-electron chi connectivity index (χ2n) is 3.96. The van der Waals surface area contributed by atoms with Crippen LogP contribution in [-0.4, -0.2) is 7.11 Å². The molecule has 1 heterocycles. The Kier molecular flexibility index (Phi) is 3.52. The van der Waals surface area contributed by atoms with E-state index >= 15 is 0 Å². The van der Waals surface area contributed by atoms with Crippen LogP contribution >= 0.6 is 31.9 Å². The lowest BCUT2D eigenvalue weighted by Crippen LogP contribution is -2.04. The van der Waals surface area contributed by atoms with Crippen LogP contribution in [0.4, 0.5) is 0 Å². The summed E-state index contributed by atoms with van der Waals surface area (Å²) in [5.74, 6) is 1.57. The molecule has 0 saturated heterocycles. The Balaban J connectivity index is 2.87. The SMILES string of the molecule is COc1cc(Br)c2oc(C(C)N)c(C)c2c1Br. The number of furan rings is 1. The van der Waals surface area contributed by atoms with Crippen molar-refractivity contribution in [2.75, 3.05) is 7.11 Å². The minimum atomic E-state index is -0.132. The highest BCUT2D eigenvalue weighted by atomic mass is 79.9. The zero-order valence-corrected chi connectivity index (χ0v) is 13.0. The molecule has 5 heteroatoms. The lowest BCUT2D eigenvalue weighted by atomic mass is 10.1. The normalized spacial score (nSPS) is 13.1. The summed E-state index contributed by atoms with van der Waals surface area (Å²) in [5.41, 5.74) is 7.73. The Bertz CT molecular complexity index is 576. The summed E-state index contributed by atoms with van der Waals surface area (Å²) in [6, 6.07) is 1.74. The fourth-order valence-corrected chi connectivity index (χ4v) is 3.15. The summed E-state index contributed by atoms with van der Waals surface area (Å²) in [4.78, 5) is 0. The molecule has 0 saturated carbocycles. The van der Waals surface area contributed by atoms with Crippen LogP contribution in [0.5, 0.6) is 5.75 Å². The van der Waals surface area contributed by atoms with Crippen molar-refractivity contribution >= 4 is 42.8 Å². The quantitative estimate of drug-likeness (QED) is 0.866. The van der Waals surface area contributed by atoms with Crippen LogP contribution in [0.3, 0.4) is 0 Å². The maximum Gasteiger partial charge on any atom is 0.150 e. The minimum Gasteiger partial charge on any atom is -0.496 e. The van der Waals surface area contributed by atoms with Crippen molar-refractivity contribution in [3.63, 3.8) is 0 Å². The van der Waals surface area contributed by atoms with Gasteiger partial charge in [-0.1, -0.05) is 0 Å². The average molecular weight is 363 g/mol. The fourth-order valence-electron chi connectivity index (χ4n) is 1.91. The Morgan fingerprint density at radius 3 is 2.59 bits per heavy atom. The molecule has 1 unspecified atom stereocenters. The number of hydrogen-bond donors (Lipinski definition) is 1. The zero-order chi connectivity index (χ0) is 12.7. The van der Waals surface area contributed by atoms with E-state index in [1.165, 1.54) is 0 Å². The fraction of sp³-hybridized carbons (Fsp3) is 0.333. The molecule has 17 heavy (non-hydrogen) atoms. The van der Waals surface area contributed by atoms with E-state index in [1.54, 1.807) is 7.11 Å². The van der Waals surface area contributed by atoms with Crippen LogP contribution in [-0.2, 0) is 0 Å². The molecule has 0 aliphatic heterocycles. The highest BCUT2D eigenvalue weighted by Crippen LogP contribution is 2.42. The van der Waals surface area contributed by atoms with E-state index < -0.39 is 0 Å². The Morgan fingerprint density at radius 1 is 1.41 bits per heavy atom. The summed E-state index contributed by atoms with van der Waals surface area (Å²) in [6.07, 6.45) is 0. The van der Waals surface area contributed by atoms with Gasteiger partial charge in [-0.3, -0.25) is 0 Å². The lowest BCUT2D eigenvalue weighted by Gasteiger charge is -2.05. The van der Waals surface area contributed by atoms with Gasteiger partial charge in [-0.05, 0) is 51.8 Å². The van der Waals surface area contributed by atoms with Crippen LogP contribution in [0.2, 0.25) is 0 Å². The number of rotatable bonds is 2. The molecular weight excluding hydrogens is 350 g/mol. The van der Waals surface area contributed by atoms with Crippen molar-refractivity contribution < 1.29 is 9.15 Å². The third kappa shape index (κ3) is 2.00. The lowest BCUT2D eigenvalue weighted by molar-refractivity contribution is 0.412. The predicted octanol–water partition coefficient (Wildman–Crippen LogP) is 4.29. The first kappa shape index (κ1) is 12.9. The van der Waals surface area contributed by atoms with Crippen LogP contribution in [0.1, 0.15) is 24.3 Å². The van der Waals surface area contributed by atoms with Gasteiger partial charge in [0, 0.05) is 10.9 Å². The van der Waals surface area contributed by atoms with Gasteiger partial charge in [0.05, 0.1) is 22.1 Å². The average Bonchev–Trinajstić information content (AvgIpc) is 2.62. The first-order valence-electron chi connectivity index (χ1n) is 5.18. The van der Waals surface area contributed by atoms with Crippen molar-refractivity contribution in [3.05, 3.63) is 26.3 Å². The van der Waals surface area contributed by atoms with Crippen LogP contribution in [0, 0.1) is 6.92 Å². The molecule has 0 spiro atoms. The Hall–Kier alpha value is -0.520. The number of fused-ring (bicyclic) bond motifs is 1. The number of hydrogen-bond acceptors (Lipinski definition) is 3. The molecule has 0 aliphatic rings. The molecule has 1 aromatic heterocycles. The molecular formula is C12H13Br2NO2. The van der Waals surface area contributed by atoms with Crippen molar-refractivity contribution in [2.45, 2.75) is 19.9 Å². The molecule has 1 atom stereocenters. The maximum atomic E-state index is 5.89. The number of halogens is 2. The molecule has 3 nitrogen and oxygen atoms in total. The molecule has 0 bridgehead atoms. The third-order valence-electron chi connectivity index (χ3n) is 2.73. The van der Waals surface area contributed by atoms with Gasteiger partial charge in [0.2, 0.25) is 0 Å². The van der Waals surface area contributed by atoms with Gasteiger partial charge < -0.3 is 14.9 Å². The third-order valence-corrected chi connectivity index (χ3v) is 4.10. The second kappa shape index (κ2) is 4.63. The summed E-state index contributed by atoms with van der Waals surface area (Å²) in [6.45, 7) is 3.91. The van der Waals surface area contributed by atoms with E-state index in [0.29, 0.717) is 0 Å². The second-order valence-corrected chi connectivity index (χ2v) is 5.61. The molecule has 0 radical (unpaired) electrons. The van der Waals surface area contributed by atoms with Gasteiger partial charge in [0.15, 0.2) is 0 Å². The monoisotopic (exact) mass is 361 g/mol. The highest BCUT2D eigenvalue weighted by Gasteiger charge is 2.20. The van der Waals surface area contributed by atoms with Crippen molar-refractivity contribution in [1.29, 1.82) is 0 Å². The Labute approximate surface area is 117 Å². The highest BCUT2D eigenvalue weighted by molar-refractivity contribution is 9.11. The predicted molar refractivity (Wildman–Crippen MR) is 75.5 cm³/mol. The molecule has 2 aromatic rings. The Morgan fingerprint density at radius 2 is 2.06 bits per heavy atom. The van der Waals surface area contributed by atoms with Crippen molar-refractivity contribution in [3.8, 4) is 5.75 Å². The first-order valence-corrected chi connectivity index (χ1v) is 6.76. The van der Waals surface area contributed by atoms with Gasteiger partial charge >= 0.3 is 0 Å². The standard InChI is InChI=1S/C12H13Br2NO2/c1-5-9-10(14)8(16-3)4-7(13)12(9)17-11(5)6(2)15/h4,6H,15H2,1-3H3. The van der Waals surface area contributed by atoms with Crippen LogP contribution < -0.4 is 10.5 Å². The molecule has 2 rings (SSSR count). The van der Waals surface area contributed by atoms with Gasteiger partial charge in [-0.15, -0.1) is 0 Å². The van der Waals surface area contributed by atoms with E-state index in [4.69, 9.17) is 14.9 Å². The topological polar surface area (TPSA) is 48.4 Å². The summed E-state index contributed by atoms with van der Waals surface area (Å²) in [5, 5.41) is 1.00.